The van der Waals surface area contributed by atoms with Crippen molar-refractivity contribution < 1.29 is 9.53 Å². The van der Waals surface area contributed by atoms with Gasteiger partial charge in [-0.15, -0.1) is 0 Å². The highest BCUT2D eigenvalue weighted by Crippen LogP contribution is 2.06. The van der Waals surface area contributed by atoms with Crippen LogP contribution in [0.15, 0.2) is 0 Å². The van der Waals surface area contributed by atoms with Gasteiger partial charge in [-0.05, 0) is 38.9 Å². The van der Waals surface area contributed by atoms with E-state index < -0.39 is 0 Å². The van der Waals surface area contributed by atoms with E-state index in [0.717, 1.165) is 19.5 Å². The molecular formula is C11H23N3O2. The summed E-state index contributed by atoms with van der Waals surface area (Å²) in [5.74, 6) is -0.0464. The molecule has 0 aromatic carbocycles. The maximum Gasteiger partial charge on any atom is 0.245 e. The van der Waals surface area contributed by atoms with Gasteiger partial charge in [0, 0.05) is 13.1 Å². The number of carbonyl (C=O) groups excluding carboxylic acids is 1. The molecule has 0 spiro atoms. The second-order valence-corrected chi connectivity index (χ2v) is 4.09. The Morgan fingerprint density at radius 3 is 2.81 bits per heavy atom. The summed E-state index contributed by atoms with van der Waals surface area (Å²) in [6.07, 6.45) is 3.65. The van der Waals surface area contributed by atoms with Crippen LogP contribution in [-0.2, 0) is 9.53 Å². The topological polar surface area (TPSA) is 67.6 Å². The Labute approximate surface area is 97.3 Å². The number of amides is 1. The first-order valence-electron chi connectivity index (χ1n) is 6.10. The van der Waals surface area contributed by atoms with Crippen LogP contribution in [0.25, 0.3) is 0 Å². The molecule has 1 fully saturated rings. The Bertz CT molecular complexity index is 194. The van der Waals surface area contributed by atoms with Crippen molar-refractivity contribution in [3.05, 3.63) is 0 Å². The molecule has 1 saturated heterocycles. The molecule has 5 heteroatoms. The van der Waals surface area contributed by atoms with Crippen molar-refractivity contribution >= 4 is 5.91 Å². The van der Waals surface area contributed by atoms with E-state index in [4.69, 9.17) is 10.5 Å². The zero-order valence-corrected chi connectivity index (χ0v) is 9.91. The lowest BCUT2D eigenvalue weighted by molar-refractivity contribution is -0.125. The molecule has 3 N–H and O–H groups in total. The van der Waals surface area contributed by atoms with Crippen LogP contribution in [0.5, 0.6) is 0 Å². The van der Waals surface area contributed by atoms with Gasteiger partial charge in [0.05, 0.1) is 6.61 Å². The van der Waals surface area contributed by atoms with E-state index in [9.17, 15) is 4.79 Å². The Balaban J connectivity index is 1.87. The number of nitrogens with two attached hydrogens (primary N) is 1. The lowest BCUT2D eigenvalue weighted by Gasteiger charge is -2.14. The van der Waals surface area contributed by atoms with E-state index in [2.05, 4.69) is 10.2 Å². The molecule has 1 heterocycles. The Morgan fingerprint density at radius 1 is 1.38 bits per heavy atom. The van der Waals surface area contributed by atoms with Gasteiger partial charge in [0.25, 0.3) is 0 Å². The van der Waals surface area contributed by atoms with Gasteiger partial charge in [-0.1, -0.05) is 0 Å². The fraction of sp³-hybridized carbons (Fsp3) is 0.909. The van der Waals surface area contributed by atoms with Crippen molar-refractivity contribution in [2.45, 2.75) is 19.3 Å². The molecular weight excluding hydrogens is 206 g/mol. The lowest BCUT2D eigenvalue weighted by atomic mass is 10.4. The first kappa shape index (κ1) is 13.4. The lowest BCUT2D eigenvalue weighted by Crippen LogP contribution is -2.31. The van der Waals surface area contributed by atoms with Gasteiger partial charge in [0.2, 0.25) is 5.91 Å². The quantitative estimate of drug-likeness (QED) is 0.554. The highest BCUT2D eigenvalue weighted by atomic mass is 16.5. The molecule has 5 nitrogen and oxygen atoms in total. The van der Waals surface area contributed by atoms with Crippen molar-refractivity contribution in [2.24, 2.45) is 5.73 Å². The van der Waals surface area contributed by atoms with Crippen molar-refractivity contribution in [1.82, 2.24) is 10.2 Å². The molecule has 0 aromatic heterocycles. The number of nitrogens with one attached hydrogen (secondary N) is 1. The monoisotopic (exact) mass is 229 g/mol. The molecule has 16 heavy (non-hydrogen) atoms. The van der Waals surface area contributed by atoms with E-state index >= 15 is 0 Å². The molecule has 94 valence electrons. The van der Waals surface area contributed by atoms with Crippen LogP contribution < -0.4 is 11.1 Å². The molecule has 0 aromatic rings. The molecule has 0 bridgehead atoms. The van der Waals surface area contributed by atoms with Crippen LogP contribution in [0, 0.1) is 0 Å². The van der Waals surface area contributed by atoms with Gasteiger partial charge in [-0.2, -0.15) is 0 Å². The summed E-state index contributed by atoms with van der Waals surface area (Å²) in [5, 5.41) is 2.83. The second-order valence-electron chi connectivity index (χ2n) is 4.09. The van der Waals surface area contributed by atoms with E-state index in [0.29, 0.717) is 13.2 Å². The molecule has 0 aliphatic carbocycles. The molecule has 0 unspecified atom stereocenters. The van der Waals surface area contributed by atoms with Gasteiger partial charge in [-0.25, -0.2) is 0 Å². The van der Waals surface area contributed by atoms with Crippen LogP contribution >= 0.6 is 0 Å². The summed E-state index contributed by atoms with van der Waals surface area (Å²) in [6, 6.07) is 0. The first-order valence-corrected chi connectivity index (χ1v) is 6.10. The minimum Gasteiger partial charge on any atom is -0.370 e. The van der Waals surface area contributed by atoms with Crippen LogP contribution in [-0.4, -0.2) is 56.7 Å². The fourth-order valence-corrected chi connectivity index (χ4v) is 1.84. The minimum atomic E-state index is -0.0464. The van der Waals surface area contributed by atoms with Gasteiger partial charge in [-0.3, -0.25) is 4.79 Å². The number of rotatable bonds is 8. The number of ether oxygens (including phenoxy) is 1. The summed E-state index contributed by atoms with van der Waals surface area (Å²) >= 11 is 0. The maximum atomic E-state index is 11.2. The van der Waals surface area contributed by atoms with E-state index in [1.807, 2.05) is 0 Å². The van der Waals surface area contributed by atoms with Gasteiger partial charge < -0.3 is 20.7 Å². The van der Waals surface area contributed by atoms with Gasteiger partial charge in [0.15, 0.2) is 0 Å². The van der Waals surface area contributed by atoms with Crippen molar-refractivity contribution in [1.29, 1.82) is 0 Å². The summed E-state index contributed by atoms with van der Waals surface area (Å²) in [4.78, 5) is 13.7. The van der Waals surface area contributed by atoms with Crippen LogP contribution in [0.4, 0.5) is 0 Å². The van der Waals surface area contributed by atoms with E-state index in [-0.39, 0.29) is 12.5 Å². The number of nitrogens with zero attached hydrogens (tertiary/aromatic N) is 1. The molecule has 0 radical (unpaired) electrons. The third-order valence-electron chi connectivity index (χ3n) is 2.67. The number of likely N-dealkylation sites (tertiary alicyclic amines) is 1. The normalized spacial score (nSPS) is 16.6. The zero-order chi connectivity index (χ0) is 11.6. The maximum absolute atomic E-state index is 11.2. The van der Waals surface area contributed by atoms with Gasteiger partial charge >= 0.3 is 0 Å². The Hall–Kier alpha value is -0.650. The van der Waals surface area contributed by atoms with Crippen molar-refractivity contribution in [3.63, 3.8) is 0 Å². The van der Waals surface area contributed by atoms with E-state index in [1.54, 1.807) is 0 Å². The summed E-state index contributed by atoms with van der Waals surface area (Å²) in [7, 11) is 0. The largest absolute Gasteiger partial charge is 0.370 e. The molecule has 0 atom stereocenters. The summed E-state index contributed by atoms with van der Waals surface area (Å²) < 4.78 is 5.03. The SMILES string of the molecule is NCCOCC(=O)NCCCN1CCCC1. The van der Waals surface area contributed by atoms with Crippen LogP contribution in [0.2, 0.25) is 0 Å². The standard InChI is InChI=1S/C11H23N3O2/c12-4-9-16-10-11(15)13-5-3-8-14-6-1-2-7-14/h1-10,12H2,(H,13,15). The number of hydrogen-bond acceptors (Lipinski definition) is 4. The fourth-order valence-electron chi connectivity index (χ4n) is 1.84. The smallest absolute Gasteiger partial charge is 0.245 e. The van der Waals surface area contributed by atoms with Gasteiger partial charge in [0.1, 0.15) is 6.61 Å². The predicted octanol–water partition coefficient (Wildman–Crippen LogP) is -0.436. The Morgan fingerprint density at radius 2 is 2.12 bits per heavy atom. The third-order valence-corrected chi connectivity index (χ3v) is 2.67. The average molecular weight is 229 g/mol. The van der Waals surface area contributed by atoms with Crippen molar-refractivity contribution in [2.75, 3.05) is 45.9 Å². The minimum absolute atomic E-state index is 0.0464. The van der Waals surface area contributed by atoms with Crippen LogP contribution in [0.1, 0.15) is 19.3 Å². The highest BCUT2D eigenvalue weighted by molar-refractivity contribution is 5.77. The average Bonchev–Trinajstić information content (AvgIpc) is 2.78. The molecule has 1 aliphatic rings. The Kier molecular flexibility index (Phi) is 7.12. The molecule has 1 aliphatic heterocycles. The number of carbonyl (C=O) groups is 1. The predicted molar refractivity (Wildman–Crippen MR) is 63.2 cm³/mol. The molecule has 1 rings (SSSR count). The summed E-state index contributed by atoms with van der Waals surface area (Å²) in [6.45, 7) is 5.29. The zero-order valence-electron chi connectivity index (χ0n) is 9.91. The molecule has 1 amide bonds. The third kappa shape index (κ3) is 6.05. The summed E-state index contributed by atoms with van der Waals surface area (Å²) in [5.41, 5.74) is 5.24. The van der Waals surface area contributed by atoms with Crippen molar-refractivity contribution in [3.8, 4) is 0 Å². The second kappa shape index (κ2) is 8.50. The van der Waals surface area contributed by atoms with Crippen LogP contribution in [0.3, 0.4) is 0 Å². The molecule has 0 saturated carbocycles. The van der Waals surface area contributed by atoms with E-state index in [1.165, 1.54) is 25.9 Å². The highest BCUT2D eigenvalue weighted by Gasteiger charge is 2.10. The number of hydrogen-bond donors (Lipinski definition) is 2. The first-order chi connectivity index (χ1) is 7.83.